The third-order valence-corrected chi connectivity index (χ3v) is 10.8. The highest BCUT2D eigenvalue weighted by atomic mass is 16.6. The van der Waals surface area contributed by atoms with Gasteiger partial charge in [0.25, 0.3) is 0 Å². The summed E-state index contributed by atoms with van der Waals surface area (Å²) in [6, 6.07) is 0. The maximum Gasteiger partial charge on any atom is 0.306 e. The van der Waals surface area contributed by atoms with Crippen LogP contribution in [0.1, 0.15) is 245 Å². The van der Waals surface area contributed by atoms with Gasteiger partial charge in [-0.1, -0.05) is 223 Å². The molecular weight excluding hydrogens is 745 g/mol. The highest BCUT2D eigenvalue weighted by Gasteiger charge is 2.19. The SMILES string of the molecule is CC\C=C/C=C\C=C/CCCCCCCC(=O)OC(COC(=O)CCCCCCC/C=C\C/C=C\CC)COC(=O)CCCCCCCCCCCCCCCCCCC. The zero-order valence-corrected chi connectivity index (χ0v) is 39.5. The van der Waals surface area contributed by atoms with E-state index in [9.17, 15) is 14.4 Å². The van der Waals surface area contributed by atoms with Gasteiger partial charge in [0.2, 0.25) is 0 Å². The Balaban J connectivity index is 4.37. The largest absolute Gasteiger partial charge is 0.462 e. The summed E-state index contributed by atoms with van der Waals surface area (Å²) < 4.78 is 16.8. The molecule has 0 aliphatic heterocycles. The summed E-state index contributed by atoms with van der Waals surface area (Å²) in [4.78, 5) is 37.9. The van der Waals surface area contributed by atoms with Crippen LogP contribution in [0.4, 0.5) is 0 Å². The van der Waals surface area contributed by atoms with Gasteiger partial charge >= 0.3 is 17.9 Å². The first-order valence-electron chi connectivity index (χ1n) is 25.3. The fourth-order valence-corrected chi connectivity index (χ4v) is 7.07. The third-order valence-electron chi connectivity index (χ3n) is 10.8. The number of allylic oxidation sites excluding steroid dienone is 10. The molecule has 346 valence electrons. The van der Waals surface area contributed by atoms with Gasteiger partial charge in [0.1, 0.15) is 13.2 Å². The van der Waals surface area contributed by atoms with E-state index >= 15 is 0 Å². The van der Waals surface area contributed by atoms with Crippen molar-refractivity contribution in [3.05, 3.63) is 60.8 Å². The Hall–Kier alpha value is -2.89. The summed E-state index contributed by atoms with van der Waals surface area (Å²) in [6.07, 6.45) is 59.2. The van der Waals surface area contributed by atoms with E-state index in [0.717, 1.165) is 116 Å². The second-order valence-corrected chi connectivity index (χ2v) is 16.7. The Kier molecular flexibility index (Phi) is 46.4. The minimum Gasteiger partial charge on any atom is -0.462 e. The number of hydrogen-bond donors (Lipinski definition) is 0. The normalized spacial score (nSPS) is 12.5. The van der Waals surface area contributed by atoms with Crippen LogP contribution in [0.25, 0.3) is 0 Å². The van der Waals surface area contributed by atoms with Crippen molar-refractivity contribution >= 4 is 17.9 Å². The lowest BCUT2D eigenvalue weighted by atomic mass is 10.0. The minimum absolute atomic E-state index is 0.0856. The molecule has 60 heavy (non-hydrogen) atoms. The van der Waals surface area contributed by atoms with Gasteiger partial charge in [-0.15, -0.1) is 0 Å². The molecule has 0 saturated heterocycles. The van der Waals surface area contributed by atoms with Crippen molar-refractivity contribution in [1.82, 2.24) is 0 Å². The van der Waals surface area contributed by atoms with E-state index < -0.39 is 6.10 Å². The molecule has 0 heterocycles. The first kappa shape index (κ1) is 57.1. The second kappa shape index (κ2) is 48.8. The van der Waals surface area contributed by atoms with E-state index in [1.54, 1.807) is 0 Å². The first-order valence-corrected chi connectivity index (χ1v) is 25.3. The molecule has 0 radical (unpaired) electrons. The number of carbonyl (C=O) groups excluding carboxylic acids is 3. The molecule has 0 aliphatic carbocycles. The van der Waals surface area contributed by atoms with Crippen LogP contribution >= 0.6 is 0 Å². The van der Waals surface area contributed by atoms with Crippen LogP contribution in [0.2, 0.25) is 0 Å². The summed E-state index contributed by atoms with van der Waals surface area (Å²) in [7, 11) is 0. The van der Waals surface area contributed by atoms with Gasteiger partial charge in [0.15, 0.2) is 6.10 Å². The third kappa shape index (κ3) is 46.2. The average Bonchev–Trinajstić information content (AvgIpc) is 3.24. The monoisotopic (exact) mass is 839 g/mol. The van der Waals surface area contributed by atoms with Crippen molar-refractivity contribution in [2.45, 2.75) is 252 Å². The van der Waals surface area contributed by atoms with Gasteiger partial charge in [-0.25, -0.2) is 0 Å². The van der Waals surface area contributed by atoms with Gasteiger partial charge in [-0.2, -0.15) is 0 Å². The molecule has 0 aromatic rings. The van der Waals surface area contributed by atoms with E-state index in [0.29, 0.717) is 19.3 Å². The standard InChI is InChI=1S/C54H94O6/c1-4-7-10-13-16-19-22-25-26-27-28-30-32-35-38-41-44-47-53(56)59-50-51(49-58-52(55)46-43-40-37-34-31-24-21-18-15-12-9-6-3)60-54(57)48-45-42-39-36-33-29-23-20-17-14-11-8-5-2/h8-9,11-12,14,17-18,20-21,23,51H,4-7,10,13,15-16,19,22,24-50H2,1-3H3/b11-8-,12-9-,17-14-,21-18-,23-20-. The van der Waals surface area contributed by atoms with Crippen molar-refractivity contribution in [2.24, 2.45) is 0 Å². The van der Waals surface area contributed by atoms with E-state index in [1.165, 1.54) is 89.9 Å². The van der Waals surface area contributed by atoms with Crippen molar-refractivity contribution in [1.29, 1.82) is 0 Å². The fourth-order valence-electron chi connectivity index (χ4n) is 7.07. The smallest absolute Gasteiger partial charge is 0.306 e. The van der Waals surface area contributed by atoms with Crippen molar-refractivity contribution in [2.75, 3.05) is 13.2 Å². The Morgan fingerprint density at radius 2 is 0.733 bits per heavy atom. The van der Waals surface area contributed by atoms with E-state index in [4.69, 9.17) is 14.2 Å². The van der Waals surface area contributed by atoms with E-state index in [2.05, 4.69) is 81.5 Å². The highest BCUT2D eigenvalue weighted by Crippen LogP contribution is 2.16. The van der Waals surface area contributed by atoms with Gasteiger partial charge in [0, 0.05) is 19.3 Å². The molecule has 0 spiro atoms. The summed E-state index contributed by atoms with van der Waals surface area (Å²) in [5, 5.41) is 0. The molecule has 0 rings (SSSR count). The molecule has 0 aromatic carbocycles. The molecule has 1 atom stereocenters. The van der Waals surface area contributed by atoms with Crippen LogP contribution in [-0.4, -0.2) is 37.2 Å². The molecular formula is C54H94O6. The lowest BCUT2D eigenvalue weighted by molar-refractivity contribution is -0.167. The number of hydrogen-bond acceptors (Lipinski definition) is 6. The van der Waals surface area contributed by atoms with Crippen LogP contribution in [0.5, 0.6) is 0 Å². The number of ether oxygens (including phenoxy) is 3. The molecule has 0 aromatic heterocycles. The zero-order valence-electron chi connectivity index (χ0n) is 39.5. The Morgan fingerprint density at radius 1 is 0.367 bits per heavy atom. The van der Waals surface area contributed by atoms with E-state index in [1.807, 2.05) is 0 Å². The molecule has 0 amide bonds. The van der Waals surface area contributed by atoms with Crippen LogP contribution in [-0.2, 0) is 28.6 Å². The van der Waals surface area contributed by atoms with Gasteiger partial charge in [0.05, 0.1) is 0 Å². The minimum atomic E-state index is -0.787. The van der Waals surface area contributed by atoms with Crippen LogP contribution in [0, 0.1) is 0 Å². The fraction of sp³-hybridized carbons (Fsp3) is 0.759. The zero-order chi connectivity index (χ0) is 43.7. The summed E-state index contributed by atoms with van der Waals surface area (Å²) in [5.74, 6) is -0.918. The molecule has 0 fully saturated rings. The Labute approximate surface area is 370 Å². The first-order chi connectivity index (χ1) is 29.5. The molecule has 0 aliphatic rings. The van der Waals surface area contributed by atoms with Gasteiger partial charge < -0.3 is 14.2 Å². The second-order valence-electron chi connectivity index (χ2n) is 16.7. The maximum absolute atomic E-state index is 12.8. The van der Waals surface area contributed by atoms with Gasteiger partial charge in [-0.05, 0) is 64.2 Å². The summed E-state index contributed by atoms with van der Waals surface area (Å²) in [6.45, 7) is 6.38. The number of esters is 3. The van der Waals surface area contributed by atoms with E-state index in [-0.39, 0.29) is 31.1 Å². The predicted molar refractivity (Wildman–Crippen MR) is 256 cm³/mol. The van der Waals surface area contributed by atoms with Crippen molar-refractivity contribution < 1.29 is 28.6 Å². The quantitative estimate of drug-likeness (QED) is 0.0200. The summed E-state index contributed by atoms with van der Waals surface area (Å²) in [5.41, 5.74) is 0. The van der Waals surface area contributed by atoms with Crippen LogP contribution in [0.3, 0.4) is 0 Å². The topological polar surface area (TPSA) is 78.9 Å². The number of carbonyl (C=O) groups is 3. The lowest BCUT2D eigenvalue weighted by Gasteiger charge is -2.18. The maximum atomic E-state index is 12.8. The van der Waals surface area contributed by atoms with Crippen molar-refractivity contribution in [3.63, 3.8) is 0 Å². The molecule has 6 heteroatoms. The van der Waals surface area contributed by atoms with Crippen LogP contribution < -0.4 is 0 Å². The molecule has 0 bridgehead atoms. The Bertz CT molecular complexity index is 1100. The lowest BCUT2D eigenvalue weighted by Crippen LogP contribution is -2.30. The van der Waals surface area contributed by atoms with Gasteiger partial charge in [-0.3, -0.25) is 14.4 Å². The molecule has 0 N–H and O–H groups in total. The van der Waals surface area contributed by atoms with Crippen LogP contribution in [0.15, 0.2) is 60.8 Å². The number of unbranched alkanes of at least 4 members (excludes halogenated alkanes) is 26. The molecule has 6 nitrogen and oxygen atoms in total. The molecule has 0 saturated carbocycles. The van der Waals surface area contributed by atoms with Crippen molar-refractivity contribution in [3.8, 4) is 0 Å². The predicted octanol–water partition coefficient (Wildman–Crippen LogP) is 16.5. The Morgan fingerprint density at radius 3 is 1.18 bits per heavy atom. The molecule has 1 unspecified atom stereocenters. The highest BCUT2D eigenvalue weighted by molar-refractivity contribution is 5.71. The average molecular weight is 839 g/mol. The number of rotatable bonds is 45. The summed E-state index contributed by atoms with van der Waals surface area (Å²) >= 11 is 0.